The van der Waals surface area contributed by atoms with Crippen LogP contribution in [0.15, 0.2) is 0 Å². The van der Waals surface area contributed by atoms with Gasteiger partial charge < -0.3 is 28.7 Å². The third kappa shape index (κ3) is 5.29. The lowest BCUT2D eigenvalue weighted by Gasteiger charge is -2.45. The molecule has 0 radical (unpaired) electrons. The largest absolute Gasteiger partial charge is 0.415 e. The van der Waals surface area contributed by atoms with E-state index in [-0.39, 0.29) is 24.2 Å². The molecule has 22 heavy (non-hydrogen) atoms. The van der Waals surface area contributed by atoms with E-state index >= 15 is 0 Å². The van der Waals surface area contributed by atoms with Gasteiger partial charge in [0.15, 0.2) is 14.6 Å². The number of hydrogen-bond acceptors (Lipinski definition) is 6. The van der Waals surface area contributed by atoms with E-state index in [0.717, 1.165) is 0 Å². The molecule has 1 N–H and O–H groups in total. The van der Waals surface area contributed by atoms with E-state index in [2.05, 4.69) is 25.0 Å². The molecule has 1 aliphatic rings. The molecule has 0 spiro atoms. The van der Waals surface area contributed by atoms with Crippen LogP contribution in [0.25, 0.3) is 0 Å². The lowest BCUT2D eigenvalue weighted by atomic mass is 9.96. The zero-order valence-electron chi connectivity index (χ0n) is 14.5. The normalized spacial score (nSPS) is 32.8. The van der Waals surface area contributed by atoms with Crippen molar-refractivity contribution in [3.05, 3.63) is 0 Å². The lowest BCUT2D eigenvalue weighted by Crippen LogP contribution is -2.65. The van der Waals surface area contributed by atoms with Crippen molar-refractivity contribution in [2.75, 3.05) is 27.9 Å². The number of carbonyl (C=O) groups excluding carboxylic acids is 1. The number of ether oxygens (including phenoxy) is 4. The number of nitrogens with one attached hydrogen (secondary N) is 1. The van der Waals surface area contributed by atoms with Crippen molar-refractivity contribution in [3.63, 3.8) is 0 Å². The average molecular weight is 335 g/mol. The van der Waals surface area contributed by atoms with Crippen LogP contribution in [0, 0.1) is 0 Å². The van der Waals surface area contributed by atoms with E-state index in [0.29, 0.717) is 6.61 Å². The third-order valence-corrected chi connectivity index (χ3v) is 4.51. The standard InChI is InChI=1S/C14H29NO6Si/c1-9(16)15-11-13(18-3)12(17-2)10(21-14(11)19-4)8-20-22(5,6)7/h10-14H,8H2,1-7H3,(H,15,16). The summed E-state index contributed by atoms with van der Waals surface area (Å²) in [6, 6.07) is -0.444. The second kappa shape index (κ2) is 8.37. The molecule has 0 aliphatic carbocycles. The Hall–Kier alpha value is -0.513. The topological polar surface area (TPSA) is 75.2 Å². The van der Waals surface area contributed by atoms with Crippen molar-refractivity contribution in [2.24, 2.45) is 0 Å². The molecule has 5 atom stereocenters. The van der Waals surface area contributed by atoms with Crippen LogP contribution in [0.2, 0.25) is 19.6 Å². The molecule has 1 fully saturated rings. The van der Waals surface area contributed by atoms with Crippen LogP contribution >= 0.6 is 0 Å². The Morgan fingerprint density at radius 3 is 2.09 bits per heavy atom. The van der Waals surface area contributed by atoms with Crippen molar-refractivity contribution in [2.45, 2.75) is 57.2 Å². The minimum Gasteiger partial charge on any atom is -0.415 e. The summed E-state index contributed by atoms with van der Waals surface area (Å²) in [4.78, 5) is 11.4. The first kappa shape index (κ1) is 19.5. The quantitative estimate of drug-likeness (QED) is 0.692. The molecule has 1 aliphatic heterocycles. The highest BCUT2D eigenvalue weighted by Crippen LogP contribution is 2.26. The van der Waals surface area contributed by atoms with Crippen molar-refractivity contribution in [3.8, 4) is 0 Å². The summed E-state index contributed by atoms with van der Waals surface area (Å²) in [5.74, 6) is -0.177. The highest BCUT2D eigenvalue weighted by atomic mass is 28.4. The minimum absolute atomic E-state index is 0.177. The van der Waals surface area contributed by atoms with Crippen molar-refractivity contribution in [1.29, 1.82) is 0 Å². The molecule has 0 aromatic carbocycles. The summed E-state index contributed by atoms with van der Waals surface area (Å²) in [5.41, 5.74) is 0. The Balaban J connectivity index is 2.91. The van der Waals surface area contributed by atoms with E-state index in [1.165, 1.54) is 14.0 Å². The van der Waals surface area contributed by atoms with Gasteiger partial charge in [-0.25, -0.2) is 0 Å². The summed E-state index contributed by atoms with van der Waals surface area (Å²) in [5, 5.41) is 2.81. The molecule has 7 nitrogen and oxygen atoms in total. The van der Waals surface area contributed by atoms with Gasteiger partial charge in [0, 0.05) is 28.3 Å². The second-order valence-electron chi connectivity index (χ2n) is 6.33. The second-order valence-corrected chi connectivity index (χ2v) is 10.8. The van der Waals surface area contributed by atoms with Crippen LogP contribution in [-0.2, 0) is 28.2 Å². The van der Waals surface area contributed by atoms with Crippen molar-refractivity contribution >= 4 is 14.2 Å². The summed E-state index contributed by atoms with van der Waals surface area (Å²) < 4.78 is 28.4. The Bertz CT molecular complexity index is 362. The van der Waals surface area contributed by atoms with Gasteiger partial charge in [-0.3, -0.25) is 4.79 Å². The third-order valence-electron chi connectivity index (χ3n) is 3.47. The van der Waals surface area contributed by atoms with Gasteiger partial charge in [-0.1, -0.05) is 0 Å². The zero-order valence-corrected chi connectivity index (χ0v) is 15.5. The molecule has 0 saturated carbocycles. The number of carbonyl (C=O) groups is 1. The molecule has 1 heterocycles. The molecule has 130 valence electrons. The fourth-order valence-corrected chi connectivity index (χ4v) is 3.19. The maximum Gasteiger partial charge on any atom is 0.217 e. The molecule has 1 amide bonds. The SMILES string of the molecule is COC1OC(CO[Si](C)(C)C)C(OC)C(OC)C1NC(C)=O. The van der Waals surface area contributed by atoms with Gasteiger partial charge in [0.05, 0.1) is 6.61 Å². The summed E-state index contributed by atoms with van der Waals surface area (Å²) in [7, 11) is 3.04. The van der Waals surface area contributed by atoms with Crippen LogP contribution in [0.4, 0.5) is 0 Å². The van der Waals surface area contributed by atoms with Crippen LogP contribution in [0.5, 0.6) is 0 Å². The molecule has 0 aromatic rings. The minimum atomic E-state index is -1.68. The Morgan fingerprint density at radius 2 is 1.68 bits per heavy atom. The average Bonchev–Trinajstić information content (AvgIpc) is 2.43. The van der Waals surface area contributed by atoms with Crippen molar-refractivity contribution < 1.29 is 28.2 Å². The smallest absolute Gasteiger partial charge is 0.217 e. The maximum atomic E-state index is 11.4. The van der Waals surface area contributed by atoms with E-state index in [4.69, 9.17) is 23.4 Å². The van der Waals surface area contributed by atoms with E-state index in [1.54, 1.807) is 14.2 Å². The summed E-state index contributed by atoms with van der Waals surface area (Å²) >= 11 is 0. The van der Waals surface area contributed by atoms with Crippen LogP contribution < -0.4 is 5.32 Å². The van der Waals surface area contributed by atoms with Gasteiger partial charge in [-0.15, -0.1) is 0 Å². The highest BCUT2D eigenvalue weighted by molar-refractivity contribution is 6.69. The number of hydrogen-bond donors (Lipinski definition) is 1. The Kier molecular flexibility index (Phi) is 7.43. The first-order valence-electron chi connectivity index (χ1n) is 7.38. The molecule has 1 rings (SSSR count). The van der Waals surface area contributed by atoms with Gasteiger partial charge in [-0.2, -0.15) is 0 Å². The van der Waals surface area contributed by atoms with E-state index in [9.17, 15) is 4.79 Å². The predicted molar refractivity (Wildman–Crippen MR) is 84.2 cm³/mol. The highest BCUT2D eigenvalue weighted by Gasteiger charge is 2.47. The Labute approximate surface area is 133 Å². The van der Waals surface area contributed by atoms with Crippen LogP contribution in [-0.4, -0.2) is 72.8 Å². The van der Waals surface area contributed by atoms with Gasteiger partial charge in [0.1, 0.15) is 24.4 Å². The molecule has 0 aromatic heterocycles. The maximum absolute atomic E-state index is 11.4. The predicted octanol–water partition coefficient (Wildman–Crippen LogP) is 0.744. The molecule has 5 unspecified atom stereocenters. The first-order chi connectivity index (χ1) is 10.2. The van der Waals surface area contributed by atoms with Gasteiger partial charge in [-0.05, 0) is 19.6 Å². The molecular weight excluding hydrogens is 306 g/mol. The molecular formula is C14H29NO6Si. The van der Waals surface area contributed by atoms with Gasteiger partial charge in [0.25, 0.3) is 0 Å². The zero-order chi connectivity index (χ0) is 16.9. The first-order valence-corrected chi connectivity index (χ1v) is 10.8. The van der Waals surface area contributed by atoms with E-state index < -0.39 is 20.6 Å². The summed E-state index contributed by atoms with van der Waals surface area (Å²) in [6.45, 7) is 8.18. The van der Waals surface area contributed by atoms with Gasteiger partial charge in [0.2, 0.25) is 5.91 Å². The fraction of sp³-hybridized carbons (Fsp3) is 0.929. The van der Waals surface area contributed by atoms with Gasteiger partial charge >= 0.3 is 0 Å². The molecule has 1 saturated heterocycles. The molecule has 0 bridgehead atoms. The van der Waals surface area contributed by atoms with E-state index in [1.807, 2.05) is 0 Å². The monoisotopic (exact) mass is 335 g/mol. The number of rotatable bonds is 7. The number of methoxy groups -OCH3 is 3. The lowest BCUT2D eigenvalue weighted by molar-refractivity contribution is -0.270. The van der Waals surface area contributed by atoms with Crippen molar-refractivity contribution in [1.82, 2.24) is 5.32 Å². The Morgan fingerprint density at radius 1 is 1.09 bits per heavy atom. The fourth-order valence-electron chi connectivity index (χ4n) is 2.53. The summed E-state index contributed by atoms with van der Waals surface area (Å²) in [6.07, 6.45) is -1.68. The van der Waals surface area contributed by atoms with Crippen LogP contribution in [0.3, 0.4) is 0 Å². The molecule has 8 heteroatoms. The number of amides is 1. The van der Waals surface area contributed by atoms with Crippen LogP contribution in [0.1, 0.15) is 6.92 Å².